The van der Waals surface area contributed by atoms with Crippen LogP contribution in [0.3, 0.4) is 0 Å². The van der Waals surface area contributed by atoms with Crippen LogP contribution in [0.1, 0.15) is 19.4 Å². The Kier molecular flexibility index (Phi) is 4.87. The lowest BCUT2D eigenvalue weighted by molar-refractivity contribution is -0.149. The van der Waals surface area contributed by atoms with Gasteiger partial charge in [0.15, 0.2) is 0 Å². The van der Waals surface area contributed by atoms with Gasteiger partial charge >= 0.3 is 5.97 Å². The Morgan fingerprint density at radius 3 is 2.50 bits per heavy atom. The van der Waals surface area contributed by atoms with Gasteiger partial charge in [0.2, 0.25) is 0 Å². The van der Waals surface area contributed by atoms with E-state index in [0.717, 1.165) is 11.5 Å². The molecular formula is C13H18O2S. The minimum atomic E-state index is -0.409. The molecule has 0 heterocycles. The minimum Gasteiger partial charge on any atom is -0.469 e. The van der Waals surface area contributed by atoms with Crippen LogP contribution in [0.25, 0.3) is 0 Å². The van der Waals surface area contributed by atoms with Gasteiger partial charge in [0, 0.05) is 11.5 Å². The lowest BCUT2D eigenvalue weighted by Gasteiger charge is -2.20. The van der Waals surface area contributed by atoms with Crippen LogP contribution in [0.15, 0.2) is 30.3 Å². The van der Waals surface area contributed by atoms with Crippen LogP contribution in [-0.2, 0) is 15.3 Å². The number of benzene rings is 1. The van der Waals surface area contributed by atoms with E-state index in [2.05, 4.69) is 12.1 Å². The van der Waals surface area contributed by atoms with Crippen LogP contribution in [0.2, 0.25) is 0 Å². The number of thioether (sulfide) groups is 1. The highest BCUT2D eigenvalue weighted by Gasteiger charge is 2.28. The molecule has 1 aromatic carbocycles. The van der Waals surface area contributed by atoms with Gasteiger partial charge in [-0.05, 0) is 19.4 Å². The lowest BCUT2D eigenvalue weighted by atomic mass is 9.97. The molecule has 0 unspecified atom stereocenters. The molecule has 0 atom stereocenters. The van der Waals surface area contributed by atoms with Gasteiger partial charge in [-0.25, -0.2) is 0 Å². The molecule has 0 amide bonds. The summed E-state index contributed by atoms with van der Waals surface area (Å²) in [4.78, 5) is 11.4. The van der Waals surface area contributed by atoms with Gasteiger partial charge in [-0.3, -0.25) is 4.79 Å². The van der Waals surface area contributed by atoms with Crippen molar-refractivity contribution in [2.75, 3.05) is 12.9 Å². The molecule has 0 aliphatic rings. The molecule has 2 nitrogen and oxygen atoms in total. The maximum atomic E-state index is 11.4. The van der Waals surface area contributed by atoms with E-state index >= 15 is 0 Å². The number of rotatable bonds is 5. The first-order valence-corrected chi connectivity index (χ1v) is 6.42. The van der Waals surface area contributed by atoms with Gasteiger partial charge in [-0.2, -0.15) is 11.8 Å². The normalized spacial score (nSPS) is 11.2. The molecule has 0 fully saturated rings. The molecule has 0 aromatic heterocycles. The topological polar surface area (TPSA) is 26.3 Å². The van der Waals surface area contributed by atoms with Gasteiger partial charge in [-0.1, -0.05) is 30.3 Å². The van der Waals surface area contributed by atoms with Crippen molar-refractivity contribution in [3.63, 3.8) is 0 Å². The standard InChI is InChI=1S/C13H18O2S/c1-13(2,12(14)15-3)10-16-9-11-7-5-4-6-8-11/h4-8H,9-10H2,1-3H3. The first-order valence-electron chi connectivity index (χ1n) is 5.26. The largest absolute Gasteiger partial charge is 0.469 e. The molecule has 0 aliphatic heterocycles. The second-order valence-electron chi connectivity index (χ2n) is 4.35. The summed E-state index contributed by atoms with van der Waals surface area (Å²) in [6, 6.07) is 10.3. The fraction of sp³-hybridized carbons (Fsp3) is 0.462. The molecule has 0 N–H and O–H groups in total. The molecule has 1 rings (SSSR count). The third-order valence-electron chi connectivity index (χ3n) is 2.31. The quantitative estimate of drug-likeness (QED) is 0.737. The second kappa shape index (κ2) is 5.94. The van der Waals surface area contributed by atoms with E-state index in [1.54, 1.807) is 11.8 Å². The minimum absolute atomic E-state index is 0.145. The van der Waals surface area contributed by atoms with E-state index in [-0.39, 0.29) is 5.97 Å². The van der Waals surface area contributed by atoms with Crippen molar-refractivity contribution in [2.24, 2.45) is 5.41 Å². The van der Waals surface area contributed by atoms with Crippen molar-refractivity contribution in [1.29, 1.82) is 0 Å². The number of ether oxygens (including phenoxy) is 1. The number of hydrogen-bond donors (Lipinski definition) is 0. The monoisotopic (exact) mass is 238 g/mol. The van der Waals surface area contributed by atoms with Gasteiger partial charge in [0.05, 0.1) is 12.5 Å². The fourth-order valence-electron chi connectivity index (χ4n) is 1.33. The first-order chi connectivity index (χ1) is 7.56. The summed E-state index contributed by atoms with van der Waals surface area (Å²) in [6.45, 7) is 3.83. The average molecular weight is 238 g/mol. The zero-order valence-corrected chi connectivity index (χ0v) is 10.8. The Bertz CT molecular complexity index is 333. The maximum absolute atomic E-state index is 11.4. The molecule has 0 bridgehead atoms. The third-order valence-corrected chi connectivity index (χ3v) is 3.78. The van der Waals surface area contributed by atoms with Crippen molar-refractivity contribution < 1.29 is 9.53 Å². The molecule has 0 aliphatic carbocycles. The van der Waals surface area contributed by atoms with Crippen LogP contribution >= 0.6 is 11.8 Å². The number of methoxy groups -OCH3 is 1. The summed E-state index contributed by atoms with van der Waals surface area (Å²) >= 11 is 1.76. The highest BCUT2D eigenvalue weighted by Crippen LogP contribution is 2.25. The number of carbonyl (C=O) groups is 1. The van der Waals surface area contributed by atoms with Crippen molar-refractivity contribution in [2.45, 2.75) is 19.6 Å². The van der Waals surface area contributed by atoms with Gasteiger partial charge in [0.25, 0.3) is 0 Å². The SMILES string of the molecule is COC(=O)C(C)(C)CSCc1ccccc1. The van der Waals surface area contributed by atoms with E-state index in [9.17, 15) is 4.79 Å². The lowest BCUT2D eigenvalue weighted by Crippen LogP contribution is -2.28. The summed E-state index contributed by atoms with van der Waals surface area (Å²) < 4.78 is 4.77. The molecule has 0 saturated carbocycles. The van der Waals surface area contributed by atoms with E-state index < -0.39 is 5.41 Å². The number of esters is 1. The van der Waals surface area contributed by atoms with Crippen LogP contribution in [0.4, 0.5) is 0 Å². The smallest absolute Gasteiger partial charge is 0.312 e. The maximum Gasteiger partial charge on any atom is 0.312 e. The average Bonchev–Trinajstić information content (AvgIpc) is 2.29. The number of carbonyl (C=O) groups excluding carboxylic acids is 1. The molecule has 1 aromatic rings. The molecular weight excluding hydrogens is 220 g/mol. The predicted molar refractivity (Wildman–Crippen MR) is 68.4 cm³/mol. The Morgan fingerprint density at radius 2 is 1.94 bits per heavy atom. The van der Waals surface area contributed by atoms with Gasteiger partial charge in [-0.15, -0.1) is 0 Å². The second-order valence-corrected chi connectivity index (χ2v) is 5.34. The number of hydrogen-bond acceptors (Lipinski definition) is 3. The fourth-order valence-corrected chi connectivity index (χ4v) is 2.49. The Morgan fingerprint density at radius 1 is 1.31 bits per heavy atom. The Labute approximate surface area is 101 Å². The van der Waals surface area contributed by atoms with E-state index in [0.29, 0.717) is 0 Å². The zero-order chi connectivity index (χ0) is 12.0. The summed E-state index contributed by atoms with van der Waals surface area (Å²) in [5.74, 6) is 1.56. The summed E-state index contributed by atoms with van der Waals surface area (Å²) in [6.07, 6.45) is 0. The van der Waals surface area contributed by atoms with Gasteiger partial charge < -0.3 is 4.74 Å². The van der Waals surface area contributed by atoms with Crippen LogP contribution < -0.4 is 0 Å². The van der Waals surface area contributed by atoms with E-state index in [4.69, 9.17) is 4.74 Å². The predicted octanol–water partition coefficient (Wildman–Crippen LogP) is 3.12. The van der Waals surface area contributed by atoms with Crippen molar-refractivity contribution in [1.82, 2.24) is 0 Å². The summed E-state index contributed by atoms with van der Waals surface area (Å²) in [5.41, 5.74) is 0.877. The molecule has 0 radical (unpaired) electrons. The zero-order valence-electron chi connectivity index (χ0n) is 10.0. The third kappa shape index (κ3) is 3.89. The van der Waals surface area contributed by atoms with E-state index in [1.165, 1.54) is 12.7 Å². The highest BCUT2D eigenvalue weighted by molar-refractivity contribution is 7.98. The molecule has 3 heteroatoms. The van der Waals surface area contributed by atoms with Crippen molar-refractivity contribution in [3.8, 4) is 0 Å². The molecule has 0 spiro atoms. The summed E-state index contributed by atoms with van der Waals surface area (Å²) in [5, 5.41) is 0. The first kappa shape index (κ1) is 13.1. The van der Waals surface area contributed by atoms with Gasteiger partial charge in [0.1, 0.15) is 0 Å². The summed E-state index contributed by atoms with van der Waals surface area (Å²) in [7, 11) is 1.44. The Balaban J connectivity index is 2.38. The van der Waals surface area contributed by atoms with Crippen molar-refractivity contribution >= 4 is 17.7 Å². The van der Waals surface area contributed by atoms with Crippen LogP contribution in [0.5, 0.6) is 0 Å². The Hall–Kier alpha value is -0.960. The highest BCUT2D eigenvalue weighted by atomic mass is 32.2. The van der Waals surface area contributed by atoms with Crippen molar-refractivity contribution in [3.05, 3.63) is 35.9 Å². The molecule has 88 valence electrons. The van der Waals surface area contributed by atoms with Crippen LogP contribution in [-0.4, -0.2) is 18.8 Å². The van der Waals surface area contributed by atoms with Crippen LogP contribution in [0, 0.1) is 5.41 Å². The van der Waals surface area contributed by atoms with E-state index in [1.807, 2.05) is 32.0 Å². The molecule has 0 saturated heterocycles. The molecule has 16 heavy (non-hydrogen) atoms.